The molecule has 6 heteroatoms. The number of anilines is 2. The zero-order valence-corrected chi connectivity index (χ0v) is 12.7. The van der Waals surface area contributed by atoms with Crippen LogP contribution in [-0.4, -0.2) is 16.1 Å². The molecule has 1 amide bonds. The van der Waals surface area contributed by atoms with Gasteiger partial charge in [0.25, 0.3) is 0 Å². The second-order valence-corrected chi connectivity index (χ2v) is 4.64. The molecule has 0 fully saturated rings. The minimum atomic E-state index is -0.375. The molecule has 0 spiro atoms. The van der Waals surface area contributed by atoms with Crippen LogP contribution in [0, 0.1) is 6.92 Å². The average molecular weight is 321 g/mol. The summed E-state index contributed by atoms with van der Waals surface area (Å²) in [4.78, 5) is 11.8. The summed E-state index contributed by atoms with van der Waals surface area (Å²) in [6.45, 7) is 1.77. The number of hydrogen-bond acceptors (Lipinski definition) is 4. The third-order valence-corrected chi connectivity index (χ3v) is 2.94. The van der Waals surface area contributed by atoms with Crippen molar-refractivity contribution in [1.82, 2.24) is 0 Å². The van der Waals surface area contributed by atoms with Gasteiger partial charge in [-0.15, -0.1) is 12.4 Å². The van der Waals surface area contributed by atoms with Gasteiger partial charge in [0.1, 0.15) is 11.5 Å². The summed E-state index contributed by atoms with van der Waals surface area (Å²) in [5.41, 5.74) is 7.79. The number of hydrogen-bond donors (Lipinski definition) is 4. The normalized spacial score (nSPS) is 10.2. The Morgan fingerprint density at radius 2 is 1.86 bits per heavy atom. The van der Waals surface area contributed by atoms with Crippen molar-refractivity contribution in [3.05, 3.63) is 53.6 Å². The van der Waals surface area contributed by atoms with Crippen molar-refractivity contribution in [2.24, 2.45) is 0 Å². The number of rotatable bonds is 3. The zero-order valence-electron chi connectivity index (χ0n) is 11.9. The SMILES string of the molecule is Cc1ccc(NC(=O)C=Cc2cc(N)ccc2O)cc1O.Cl. The molecule has 2 rings (SSSR count). The van der Waals surface area contributed by atoms with Gasteiger partial charge in [0.05, 0.1) is 0 Å². The second kappa shape index (κ2) is 7.38. The van der Waals surface area contributed by atoms with E-state index in [1.54, 1.807) is 31.2 Å². The van der Waals surface area contributed by atoms with Gasteiger partial charge in [0, 0.05) is 29.1 Å². The van der Waals surface area contributed by atoms with Crippen LogP contribution in [0.4, 0.5) is 11.4 Å². The highest BCUT2D eigenvalue weighted by Gasteiger charge is 2.02. The molecule has 0 bridgehead atoms. The molecule has 22 heavy (non-hydrogen) atoms. The first kappa shape index (κ1) is 17.4. The molecule has 0 radical (unpaired) electrons. The lowest BCUT2D eigenvalue weighted by molar-refractivity contribution is -0.111. The number of carbonyl (C=O) groups is 1. The second-order valence-electron chi connectivity index (χ2n) is 4.64. The van der Waals surface area contributed by atoms with Crippen molar-refractivity contribution in [1.29, 1.82) is 0 Å². The number of benzene rings is 2. The standard InChI is InChI=1S/C16H16N2O3.ClH/c1-10-2-5-13(9-15(10)20)18-16(21)7-3-11-8-12(17)4-6-14(11)19;/h2-9,19-20H,17H2,1H3,(H,18,21);1H. The minimum absolute atomic E-state index is 0. The molecule has 0 aliphatic heterocycles. The molecule has 0 aliphatic carbocycles. The van der Waals surface area contributed by atoms with Gasteiger partial charge in [0.2, 0.25) is 5.91 Å². The Balaban J connectivity index is 0.00000242. The largest absolute Gasteiger partial charge is 0.508 e. The first-order valence-electron chi connectivity index (χ1n) is 6.33. The van der Waals surface area contributed by atoms with Gasteiger partial charge in [-0.25, -0.2) is 0 Å². The van der Waals surface area contributed by atoms with E-state index in [1.807, 2.05) is 0 Å². The summed E-state index contributed by atoms with van der Waals surface area (Å²) in [6.07, 6.45) is 2.75. The van der Waals surface area contributed by atoms with E-state index in [1.165, 1.54) is 24.3 Å². The van der Waals surface area contributed by atoms with Crippen molar-refractivity contribution in [2.75, 3.05) is 11.1 Å². The van der Waals surface area contributed by atoms with Crippen molar-refractivity contribution in [3.63, 3.8) is 0 Å². The van der Waals surface area contributed by atoms with Crippen LogP contribution < -0.4 is 11.1 Å². The molecule has 0 saturated carbocycles. The Kier molecular flexibility index (Phi) is 5.83. The third kappa shape index (κ3) is 4.43. The molecule has 2 aromatic carbocycles. The molecule has 0 atom stereocenters. The molecule has 0 aliphatic rings. The van der Waals surface area contributed by atoms with Crippen molar-refractivity contribution in [2.45, 2.75) is 6.92 Å². The molecule has 5 nitrogen and oxygen atoms in total. The monoisotopic (exact) mass is 320 g/mol. The van der Waals surface area contributed by atoms with E-state index >= 15 is 0 Å². The lowest BCUT2D eigenvalue weighted by atomic mass is 10.1. The summed E-state index contributed by atoms with van der Waals surface area (Å²) < 4.78 is 0. The van der Waals surface area contributed by atoms with Crippen LogP contribution in [0.1, 0.15) is 11.1 Å². The first-order chi connectivity index (χ1) is 9.95. The van der Waals surface area contributed by atoms with Crippen molar-refractivity contribution < 1.29 is 15.0 Å². The maximum atomic E-state index is 11.8. The highest BCUT2D eigenvalue weighted by atomic mass is 35.5. The summed E-state index contributed by atoms with van der Waals surface area (Å²) >= 11 is 0. The number of phenolic OH excluding ortho intramolecular Hbond substituents is 2. The Hall–Kier alpha value is -2.66. The van der Waals surface area contributed by atoms with E-state index in [0.29, 0.717) is 16.9 Å². The summed E-state index contributed by atoms with van der Waals surface area (Å²) in [7, 11) is 0. The van der Waals surface area contributed by atoms with Gasteiger partial charge in [-0.05, 0) is 42.8 Å². The van der Waals surface area contributed by atoms with E-state index in [-0.39, 0.29) is 29.8 Å². The predicted octanol–water partition coefficient (Wildman–Crippen LogP) is 3.06. The summed E-state index contributed by atoms with van der Waals surface area (Å²) in [5.74, 6) is -0.216. The third-order valence-electron chi connectivity index (χ3n) is 2.94. The number of nitrogen functional groups attached to an aromatic ring is 1. The first-order valence-corrected chi connectivity index (χ1v) is 6.33. The summed E-state index contributed by atoms with van der Waals surface area (Å²) in [5, 5.41) is 21.8. The predicted molar refractivity (Wildman–Crippen MR) is 90.3 cm³/mol. The molecule has 116 valence electrons. The van der Waals surface area contributed by atoms with Crippen LogP contribution in [0.25, 0.3) is 6.08 Å². The van der Waals surface area contributed by atoms with Crippen LogP contribution in [-0.2, 0) is 4.79 Å². The number of amides is 1. The van der Waals surface area contributed by atoms with Crippen LogP contribution in [0.3, 0.4) is 0 Å². The number of nitrogens with one attached hydrogen (secondary N) is 1. The number of aromatic hydroxyl groups is 2. The maximum Gasteiger partial charge on any atom is 0.248 e. The van der Waals surface area contributed by atoms with Crippen LogP contribution in [0.5, 0.6) is 11.5 Å². The van der Waals surface area contributed by atoms with Crippen molar-refractivity contribution in [3.8, 4) is 11.5 Å². The molecular formula is C16H17ClN2O3. The van der Waals surface area contributed by atoms with E-state index < -0.39 is 0 Å². The van der Waals surface area contributed by atoms with Gasteiger partial charge >= 0.3 is 0 Å². The fourth-order valence-electron chi connectivity index (χ4n) is 1.74. The number of aryl methyl sites for hydroxylation is 1. The van der Waals surface area contributed by atoms with Gasteiger partial charge in [0.15, 0.2) is 0 Å². The molecule has 0 aromatic heterocycles. The van der Waals surface area contributed by atoms with Crippen LogP contribution in [0.2, 0.25) is 0 Å². The fraction of sp³-hybridized carbons (Fsp3) is 0.0625. The van der Waals surface area contributed by atoms with Gasteiger partial charge in [-0.3, -0.25) is 4.79 Å². The number of halogens is 1. The Bertz CT molecular complexity index is 715. The molecule has 0 unspecified atom stereocenters. The lowest BCUT2D eigenvalue weighted by Gasteiger charge is -2.05. The molecule has 0 heterocycles. The molecular weight excluding hydrogens is 304 g/mol. The summed E-state index contributed by atoms with van der Waals surface area (Å²) in [6, 6.07) is 9.47. The van der Waals surface area contributed by atoms with Gasteiger partial charge < -0.3 is 21.3 Å². The van der Waals surface area contributed by atoms with Crippen molar-refractivity contribution >= 4 is 35.8 Å². The van der Waals surface area contributed by atoms with Gasteiger partial charge in [-0.2, -0.15) is 0 Å². The van der Waals surface area contributed by atoms with Gasteiger partial charge in [-0.1, -0.05) is 6.07 Å². The topological polar surface area (TPSA) is 95.6 Å². The molecule has 0 saturated heterocycles. The highest BCUT2D eigenvalue weighted by Crippen LogP contribution is 2.22. The smallest absolute Gasteiger partial charge is 0.248 e. The zero-order chi connectivity index (χ0) is 15.4. The molecule has 2 aromatic rings. The Morgan fingerprint density at radius 1 is 1.14 bits per heavy atom. The van der Waals surface area contributed by atoms with Crippen LogP contribution >= 0.6 is 12.4 Å². The maximum absolute atomic E-state index is 11.8. The fourth-order valence-corrected chi connectivity index (χ4v) is 1.74. The quantitative estimate of drug-likeness (QED) is 0.397. The van der Waals surface area contributed by atoms with E-state index in [0.717, 1.165) is 5.56 Å². The van der Waals surface area contributed by atoms with E-state index in [4.69, 9.17) is 5.73 Å². The minimum Gasteiger partial charge on any atom is -0.508 e. The Morgan fingerprint density at radius 3 is 2.55 bits per heavy atom. The number of phenols is 2. The Labute approximate surface area is 134 Å². The van der Waals surface area contributed by atoms with E-state index in [2.05, 4.69) is 5.32 Å². The van der Waals surface area contributed by atoms with E-state index in [9.17, 15) is 15.0 Å². The van der Waals surface area contributed by atoms with Crippen LogP contribution in [0.15, 0.2) is 42.5 Å². The lowest BCUT2D eigenvalue weighted by Crippen LogP contribution is -2.07. The average Bonchev–Trinajstić information content (AvgIpc) is 2.44. The molecule has 5 N–H and O–H groups in total. The number of nitrogens with two attached hydrogens (primary N) is 1. The number of carbonyl (C=O) groups excluding carboxylic acids is 1. The highest BCUT2D eigenvalue weighted by molar-refractivity contribution is 6.02.